The number of rotatable bonds is 0. The third-order valence-corrected chi connectivity index (χ3v) is 3.55. The van der Waals surface area contributed by atoms with Crippen LogP contribution in [0.5, 0.6) is 0 Å². The number of hydrogen-bond acceptors (Lipinski definition) is 1. The van der Waals surface area contributed by atoms with E-state index >= 15 is 0 Å². The van der Waals surface area contributed by atoms with Crippen molar-refractivity contribution in [3.8, 4) is 0 Å². The molecule has 0 aliphatic heterocycles. The van der Waals surface area contributed by atoms with Gasteiger partial charge in [0.05, 0.1) is 0 Å². The molecule has 0 heterocycles. The molecule has 0 amide bonds. The molecule has 0 spiro atoms. The standard InChI is InChI=1S/C10H14O/c1-6-7-4-8(9(11)5-7)10(6,2)3/h7-8H,1,4-5H2,2-3H3/t7-,8+/m0/s1. The zero-order chi connectivity index (χ0) is 8.22. The van der Waals surface area contributed by atoms with Gasteiger partial charge in [0.2, 0.25) is 0 Å². The van der Waals surface area contributed by atoms with Gasteiger partial charge in [-0.3, -0.25) is 4.79 Å². The second-order valence-electron chi connectivity index (χ2n) is 4.40. The average Bonchev–Trinajstić information content (AvgIpc) is 2.35. The van der Waals surface area contributed by atoms with Gasteiger partial charge in [0, 0.05) is 12.3 Å². The van der Waals surface area contributed by atoms with Crippen LogP contribution >= 0.6 is 0 Å². The van der Waals surface area contributed by atoms with E-state index < -0.39 is 0 Å². The number of carbonyl (C=O) groups is 1. The summed E-state index contributed by atoms with van der Waals surface area (Å²) >= 11 is 0. The van der Waals surface area contributed by atoms with E-state index in [4.69, 9.17) is 0 Å². The Kier molecular flexibility index (Phi) is 1.14. The topological polar surface area (TPSA) is 17.1 Å². The molecule has 2 bridgehead atoms. The minimum atomic E-state index is 0.0972. The number of hydrogen-bond donors (Lipinski definition) is 0. The highest BCUT2D eigenvalue weighted by Crippen LogP contribution is 2.56. The Balaban J connectivity index is 2.41. The molecule has 0 saturated heterocycles. The van der Waals surface area contributed by atoms with Gasteiger partial charge < -0.3 is 0 Å². The maximum atomic E-state index is 11.4. The maximum absolute atomic E-state index is 11.4. The summed E-state index contributed by atoms with van der Waals surface area (Å²) in [7, 11) is 0. The fourth-order valence-electron chi connectivity index (χ4n) is 2.60. The number of Topliss-reactive ketones (excluding diaryl/α,β-unsaturated/α-hetero) is 1. The Morgan fingerprint density at radius 2 is 2.18 bits per heavy atom. The Morgan fingerprint density at radius 3 is 2.55 bits per heavy atom. The Labute approximate surface area is 67.5 Å². The van der Waals surface area contributed by atoms with Gasteiger partial charge in [-0.2, -0.15) is 0 Å². The van der Waals surface area contributed by atoms with E-state index in [0.29, 0.717) is 17.6 Å². The van der Waals surface area contributed by atoms with Crippen molar-refractivity contribution in [3.05, 3.63) is 12.2 Å². The number of carbonyl (C=O) groups excluding carboxylic acids is 1. The summed E-state index contributed by atoms with van der Waals surface area (Å²) in [6.07, 6.45) is 1.84. The molecule has 2 saturated carbocycles. The normalized spacial score (nSPS) is 40.2. The van der Waals surface area contributed by atoms with Crippen LogP contribution in [-0.2, 0) is 4.79 Å². The van der Waals surface area contributed by atoms with Crippen molar-refractivity contribution in [1.82, 2.24) is 0 Å². The van der Waals surface area contributed by atoms with E-state index in [-0.39, 0.29) is 5.41 Å². The molecule has 2 fully saturated rings. The predicted molar refractivity (Wildman–Crippen MR) is 44.1 cm³/mol. The first kappa shape index (κ1) is 7.08. The van der Waals surface area contributed by atoms with E-state index in [1.54, 1.807) is 0 Å². The molecule has 1 heteroatoms. The fourth-order valence-corrected chi connectivity index (χ4v) is 2.60. The van der Waals surface area contributed by atoms with Crippen molar-refractivity contribution in [3.63, 3.8) is 0 Å². The lowest BCUT2D eigenvalue weighted by Crippen LogP contribution is -2.28. The second kappa shape index (κ2) is 1.77. The lowest BCUT2D eigenvalue weighted by Gasteiger charge is -2.30. The lowest BCUT2D eigenvalue weighted by molar-refractivity contribution is -0.123. The third kappa shape index (κ3) is 0.688. The highest BCUT2D eigenvalue weighted by Gasteiger charge is 2.52. The van der Waals surface area contributed by atoms with E-state index in [2.05, 4.69) is 20.4 Å². The molecule has 0 unspecified atom stereocenters. The van der Waals surface area contributed by atoms with Gasteiger partial charge in [0.25, 0.3) is 0 Å². The zero-order valence-electron chi connectivity index (χ0n) is 7.18. The molecule has 0 aromatic carbocycles. The highest BCUT2D eigenvalue weighted by molar-refractivity contribution is 5.87. The molecule has 2 rings (SSSR count). The van der Waals surface area contributed by atoms with Crippen LogP contribution in [0.1, 0.15) is 26.7 Å². The molecule has 2 atom stereocenters. The van der Waals surface area contributed by atoms with Crippen molar-refractivity contribution in [2.24, 2.45) is 17.3 Å². The smallest absolute Gasteiger partial charge is 0.137 e. The number of allylic oxidation sites excluding steroid dienone is 1. The molecular weight excluding hydrogens is 136 g/mol. The summed E-state index contributed by atoms with van der Waals surface area (Å²) in [5.74, 6) is 1.27. The molecule has 0 aromatic heterocycles. The Bertz CT molecular complexity index is 237. The van der Waals surface area contributed by atoms with Crippen molar-refractivity contribution in [1.29, 1.82) is 0 Å². The molecule has 1 nitrogen and oxygen atoms in total. The molecule has 2 aliphatic rings. The first-order valence-electron chi connectivity index (χ1n) is 4.25. The van der Waals surface area contributed by atoms with Gasteiger partial charge in [-0.05, 0) is 17.8 Å². The average molecular weight is 150 g/mol. The van der Waals surface area contributed by atoms with E-state index in [9.17, 15) is 4.79 Å². The van der Waals surface area contributed by atoms with Crippen LogP contribution < -0.4 is 0 Å². The second-order valence-corrected chi connectivity index (χ2v) is 4.40. The largest absolute Gasteiger partial charge is 0.299 e. The van der Waals surface area contributed by atoms with Crippen molar-refractivity contribution in [2.75, 3.05) is 0 Å². The van der Waals surface area contributed by atoms with Crippen LogP contribution in [0.4, 0.5) is 0 Å². The summed E-state index contributed by atoms with van der Waals surface area (Å²) < 4.78 is 0. The predicted octanol–water partition coefficient (Wildman–Crippen LogP) is 2.18. The molecule has 0 aromatic rings. The van der Waals surface area contributed by atoms with Gasteiger partial charge in [-0.1, -0.05) is 26.0 Å². The van der Waals surface area contributed by atoms with E-state index in [1.807, 2.05) is 0 Å². The van der Waals surface area contributed by atoms with Crippen molar-refractivity contribution < 1.29 is 4.79 Å². The summed E-state index contributed by atoms with van der Waals surface area (Å²) in [6, 6.07) is 0. The summed E-state index contributed by atoms with van der Waals surface area (Å²) in [5, 5.41) is 0. The van der Waals surface area contributed by atoms with Crippen LogP contribution in [0.3, 0.4) is 0 Å². The quantitative estimate of drug-likeness (QED) is 0.484. The van der Waals surface area contributed by atoms with Gasteiger partial charge in [0.1, 0.15) is 5.78 Å². The van der Waals surface area contributed by atoms with E-state index in [0.717, 1.165) is 12.8 Å². The Hall–Kier alpha value is -0.590. The van der Waals surface area contributed by atoms with Crippen LogP contribution in [0.15, 0.2) is 12.2 Å². The highest BCUT2D eigenvalue weighted by atomic mass is 16.1. The van der Waals surface area contributed by atoms with Crippen LogP contribution in [0.2, 0.25) is 0 Å². The van der Waals surface area contributed by atoms with Gasteiger partial charge >= 0.3 is 0 Å². The Morgan fingerprint density at radius 1 is 1.55 bits per heavy atom. The minimum Gasteiger partial charge on any atom is -0.299 e. The monoisotopic (exact) mass is 150 g/mol. The summed E-state index contributed by atoms with van der Waals surface area (Å²) in [4.78, 5) is 11.4. The van der Waals surface area contributed by atoms with Gasteiger partial charge in [-0.25, -0.2) is 0 Å². The lowest BCUT2D eigenvalue weighted by atomic mass is 9.73. The SMILES string of the molecule is C=C1[C@@H]2CC(=O)[C@@H](C2)C1(C)C. The number of fused-ring (bicyclic) bond motifs is 2. The molecule has 60 valence electrons. The van der Waals surface area contributed by atoms with Crippen LogP contribution in [0.25, 0.3) is 0 Å². The van der Waals surface area contributed by atoms with Crippen LogP contribution in [-0.4, -0.2) is 5.78 Å². The zero-order valence-corrected chi connectivity index (χ0v) is 7.18. The van der Waals surface area contributed by atoms with Gasteiger partial charge in [0.15, 0.2) is 0 Å². The first-order valence-corrected chi connectivity index (χ1v) is 4.25. The van der Waals surface area contributed by atoms with Crippen molar-refractivity contribution >= 4 is 5.78 Å². The fraction of sp³-hybridized carbons (Fsp3) is 0.700. The molecule has 0 N–H and O–H groups in total. The minimum absolute atomic E-state index is 0.0972. The maximum Gasteiger partial charge on any atom is 0.137 e. The molecule has 2 aliphatic carbocycles. The van der Waals surface area contributed by atoms with Gasteiger partial charge in [-0.15, -0.1) is 0 Å². The molecule has 0 radical (unpaired) electrons. The first-order chi connectivity index (χ1) is 5.03. The van der Waals surface area contributed by atoms with E-state index in [1.165, 1.54) is 5.57 Å². The molecular formula is C10H14O. The third-order valence-electron chi connectivity index (χ3n) is 3.55. The number of ketones is 1. The van der Waals surface area contributed by atoms with Crippen molar-refractivity contribution in [2.45, 2.75) is 26.7 Å². The summed E-state index contributed by atoms with van der Waals surface area (Å²) in [5.41, 5.74) is 1.40. The summed E-state index contributed by atoms with van der Waals surface area (Å²) in [6.45, 7) is 8.37. The van der Waals surface area contributed by atoms with Crippen LogP contribution in [0, 0.1) is 17.3 Å². The molecule has 11 heavy (non-hydrogen) atoms.